The molecule has 0 unspecified atom stereocenters. The number of nitrogens with zero attached hydrogens (tertiary/aromatic N) is 3. The maximum absolute atomic E-state index is 13.2. The fourth-order valence-electron chi connectivity index (χ4n) is 6.41. The monoisotopic (exact) mass is 455 g/mol. The van der Waals surface area contributed by atoms with Crippen molar-refractivity contribution in [2.45, 2.75) is 52.1 Å². The molecule has 1 N–H and O–H groups in total. The van der Waals surface area contributed by atoms with Gasteiger partial charge in [-0.25, -0.2) is 4.98 Å². The van der Waals surface area contributed by atoms with Crippen molar-refractivity contribution in [2.75, 3.05) is 26.3 Å². The van der Waals surface area contributed by atoms with Gasteiger partial charge in [-0.15, -0.1) is 11.3 Å². The maximum Gasteiger partial charge on any atom is 0.225 e. The van der Waals surface area contributed by atoms with Crippen molar-refractivity contribution in [3.05, 3.63) is 35.1 Å². The Bertz CT molecular complexity index is 974. The van der Waals surface area contributed by atoms with Crippen LogP contribution in [0.5, 0.6) is 0 Å². The van der Waals surface area contributed by atoms with Crippen molar-refractivity contribution in [3.8, 4) is 10.6 Å². The molecule has 0 spiro atoms. The van der Waals surface area contributed by atoms with Crippen LogP contribution >= 0.6 is 11.3 Å². The topological polar surface area (TPSA) is 75.6 Å². The number of fused-ring (bicyclic) bond motifs is 2. The summed E-state index contributed by atoms with van der Waals surface area (Å²) in [7, 11) is 0. The van der Waals surface area contributed by atoms with Crippen molar-refractivity contribution >= 4 is 17.2 Å². The van der Waals surface area contributed by atoms with E-state index in [2.05, 4.69) is 24.9 Å². The van der Waals surface area contributed by atoms with E-state index in [1.54, 1.807) is 17.5 Å². The summed E-state index contributed by atoms with van der Waals surface area (Å²) in [6.07, 6.45) is 6.02. The van der Waals surface area contributed by atoms with E-state index in [0.29, 0.717) is 26.3 Å². The summed E-state index contributed by atoms with van der Waals surface area (Å²) in [5.41, 5.74) is 2.21. The van der Waals surface area contributed by atoms with E-state index in [1.807, 2.05) is 24.1 Å². The van der Waals surface area contributed by atoms with E-state index in [1.165, 1.54) is 4.88 Å². The number of aromatic nitrogens is 2. The second-order valence-corrected chi connectivity index (χ2v) is 11.2. The van der Waals surface area contributed by atoms with Gasteiger partial charge in [-0.3, -0.25) is 9.78 Å². The van der Waals surface area contributed by atoms with Gasteiger partial charge in [0.1, 0.15) is 5.01 Å². The zero-order chi connectivity index (χ0) is 22.5. The highest BCUT2D eigenvalue weighted by atomic mass is 32.1. The number of amides is 1. The second-order valence-electron chi connectivity index (χ2n) is 10.1. The number of aliphatic hydroxyl groups is 1. The molecule has 1 saturated heterocycles. The van der Waals surface area contributed by atoms with E-state index < -0.39 is 6.10 Å². The van der Waals surface area contributed by atoms with Crippen molar-refractivity contribution in [1.82, 2.24) is 14.9 Å². The number of hydrogen-bond donors (Lipinski definition) is 1. The van der Waals surface area contributed by atoms with Crippen LogP contribution in [0, 0.1) is 23.2 Å². The standard InChI is InChI=1S/C25H33N3O3S/c1-15(24(30)28-9-11-31-12-10-28)18-6-7-25(3)13-19-21(16(2)20(25)22(18)29)27-23(32-19)17-5-4-8-26-14-17/h4-5,8,14-16,18,20,22,29H,6-7,9-13H2,1-3H3/t15-,16-,18-,20+,22-,25-/m0/s1. The lowest BCUT2D eigenvalue weighted by molar-refractivity contribution is -0.148. The SMILES string of the molecule is C[C@H](C(=O)N1CCOCC1)[C@@H]1CC[C@@]2(C)Cc3sc(-c4cccnc4)nc3[C@@H](C)[C@@H]2[C@H]1O. The number of morpholine rings is 1. The first kappa shape index (κ1) is 22.0. The summed E-state index contributed by atoms with van der Waals surface area (Å²) < 4.78 is 5.41. The van der Waals surface area contributed by atoms with Gasteiger partial charge in [-0.05, 0) is 48.6 Å². The zero-order valence-electron chi connectivity index (χ0n) is 19.2. The molecule has 0 bridgehead atoms. The molecule has 1 amide bonds. The highest BCUT2D eigenvalue weighted by Crippen LogP contribution is 2.57. The Hall–Kier alpha value is -1.83. The number of carbonyl (C=O) groups excluding carboxylic acids is 1. The Labute approximate surface area is 194 Å². The molecule has 2 aromatic heterocycles. The average Bonchev–Trinajstić information content (AvgIpc) is 3.23. The van der Waals surface area contributed by atoms with Crippen LogP contribution in [0.15, 0.2) is 24.5 Å². The van der Waals surface area contributed by atoms with Gasteiger partial charge in [0.25, 0.3) is 0 Å². The highest BCUT2D eigenvalue weighted by molar-refractivity contribution is 7.15. The molecule has 3 aliphatic rings. The van der Waals surface area contributed by atoms with Gasteiger partial charge < -0.3 is 14.7 Å². The molecule has 32 heavy (non-hydrogen) atoms. The number of ether oxygens (including phenoxy) is 1. The largest absolute Gasteiger partial charge is 0.392 e. The van der Waals surface area contributed by atoms with Crippen molar-refractivity contribution in [1.29, 1.82) is 0 Å². The molecule has 6 nitrogen and oxygen atoms in total. The van der Waals surface area contributed by atoms with Crippen LogP contribution in [0.4, 0.5) is 0 Å². The van der Waals surface area contributed by atoms with E-state index in [9.17, 15) is 9.90 Å². The van der Waals surface area contributed by atoms with Gasteiger partial charge in [0.05, 0.1) is 25.0 Å². The predicted octanol–water partition coefficient (Wildman–Crippen LogP) is 3.75. The van der Waals surface area contributed by atoms with Crippen LogP contribution in [-0.2, 0) is 16.0 Å². The fourth-order valence-corrected chi connectivity index (χ4v) is 7.77. The second kappa shape index (κ2) is 8.50. The van der Waals surface area contributed by atoms with Crippen LogP contribution in [-0.4, -0.2) is 58.3 Å². The van der Waals surface area contributed by atoms with E-state index >= 15 is 0 Å². The molecule has 6 atom stereocenters. The summed E-state index contributed by atoms with van der Waals surface area (Å²) in [6, 6.07) is 4.00. The normalized spacial score (nSPS) is 33.3. The first-order valence-corrected chi connectivity index (χ1v) is 12.7. The Morgan fingerprint density at radius 1 is 1.38 bits per heavy atom. The van der Waals surface area contributed by atoms with Gasteiger partial charge in [-0.2, -0.15) is 0 Å². The van der Waals surface area contributed by atoms with Crippen molar-refractivity contribution in [2.24, 2.45) is 23.2 Å². The lowest BCUT2D eigenvalue weighted by Gasteiger charge is -2.53. The van der Waals surface area contributed by atoms with Gasteiger partial charge >= 0.3 is 0 Å². The number of aliphatic hydroxyl groups excluding tert-OH is 1. The molecule has 0 aromatic carbocycles. The molecule has 1 saturated carbocycles. The minimum Gasteiger partial charge on any atom is -0.392 e. The Morgan fingerprint density at radius 2 is 2.16 bits per heavy atom. The minimum atomic E-state index is -0.500. The average molecular weight is 456 g/mol. The molecular formula is C25H33N3O3S. The molecule has 1 aliphatic heterocycles. The molecule has 172 valence electrons. The summed E-state index contributed by atoms with van der Waals surface area (Å²) in [5.74, 6) is 0.246. The number of rotatable bonds is 3. The summed E-state index contributed by atoms with van der Waals surface area (Å²) in [5, 5.41) is 12.7. The maximum atomic E-state index is 13.2. The van der Waals surface area contributed by atoms with Crippen LogP contribution < -0.4 is 0 Å². The third-order valence-electron chi connectivity index (χ3n) is 8.19. The van der Waals surface area contributed by atoms with Crippen LogP contribution in [0.25, 0.3) is 10.6 Å². The fraction of sp³-hybridized carbons (Fsp3) is 0.640. The smallest absolute Gasteiger partial charge is 0.225 e. The Morgan fingerprint density at radius 3 is 2.88 bits per heavy atom. The minimum absolute atomic E-state index is 0.0103. The number of thiazole rings is 1. The summed E-state index contributed by atoms with van der Waals surface area (Å²) in [4.78, 5) is 25.7. The molecule has 3 heterocycles. The first-order chi connectivity index (χ1) is 15.4. The van der Waals surface area contributed by atoms with Crippen molar-refractivity contribution in [3.63, 3.8) is 0 Å². The van der Waals surface area contributed by atoms with Crippen LogP contribution in [0.2, 0.25) is 0 Å². The summed E-state index contributed by atoms with van der Waals surface area (Å²) >= 11 is 1.77. The van der Waals surface area contributed by atoms with Crippen LogP contribution in [0.3, 0.4) is 0 Å². The van der Waals surface area contributed by atoms with Crippen molar-refractivity contribution < 1.29 is 14.6 Å². The number of carbonyl (C=O) groups is 1. The third kappa shape index (κ3) is 3.68. The van der Waals surface area contributed by atoms with Gasteiger partial charge in [0, 0.05) is 47.8 Å². The molecule has 7 heteroatoms. The highest BCUT2D eigenvalue weighted by Gasteiger charge is 2.54. The van der Waals surface area contributed by atoms with Gasteiger partial charge in [-0.1, -0.05) is 20.8 Å². The third-order valence-corrected chi connectivity index (χ3v) is 9.31. The lowest BCUT2D eigenvalue weighted by Crippen LogP contribution is -2.54. The number of pyridine rings is 1. The lowest BCUT2D eigenvalue weighted by atomic mass is 9.53. The van der Waals surface area contributed by atoms with Gasteiger partial charge in [0.2, 0.25) is 5.91 Å². The molecule has 2 aromatic rings. The van der Waals surface area contributed by atoms with E-state index in [4.69, 9.17) is 9.72 Å². The van der Waals surface area contributed by atoms with E-state index in [0.717, 1.165) is 35.5 Å². The predicted molar refractivity (Wildman–Crippen MR) is 124 cm³/mol. The van der Waals surface area contributed by atoms with Crippen LogP contribution in [0.1, 0.15) is 50.1 Å². The zero-order valence-corrected chi connectivity index (χ0v) is 20.0. The Balaban J connectivity index is 1.40. The molecular weight excluding hydrogens is 422 g/mol. The molecule has 5 rings (SSSR count). The first-order valence-electron chi connectivity index (χ1n) is 11.8. The van der Waals surface area contributed by atoms with Gasteiger partial charge in [0.15, 0.2) is 0 Å². The van der Waals surface area contributed by atoms with E-state index in [-0.39, 0.29) is 35.0 Å². The molecule has 2 aliphatic carbocycles. The number of hydrogen-bond acceptors (Lipinski definition) is 6. The quantitative estimate of drug-likeness (QED) is 0.763. The molecule has 0 radical (unpaired) electrons. The Kier molecular flexibility index (Phi) is 5.84. The summed E-state index contributed by atoms with van der Waals surface area (Å²) in [6.45, 7) is 9.08. The molecule has 2 fully saturated rings.